The topological polar surface area (TPSA) is 64.3 Å². The minimum absolute atomic E-state index is 0.623. The van der Waals surface area contributed by atoms with Crippen molar-refractivity contribution in [1.29, 1.82) is 0 Å². The van der Waals surface area contributed by atoms with Gasteiger partial charge in [0.15, 0.2) is 0 Å². The van der Waals surface area contributed by atoms with Crippen molar-refractivity contribution in [3.8, 4) is 5.75 Å². The van der Waals surface area contributed by atoms with E-state index >= 15 is 0 Å². The molecule has 4 nitrogen and oxygen atoms in total. The van der Waals surface area contributed by atoms with Gasteiger partial charge in [-0.25, -0.2) is 4.21 Å². The van der Waals surface area contributed by atoms with Gasteiger partial charge in [0.2, 0.25) is 0 Å². The number of nitrogens with one attached hydrogen (secondary N) is 1. The first-order valence-electron chi connectivity index (χ1n) is 4.30. The summed E-state index contributed by atoms with van der Waals surface area (Å²) in [6.07, 6.45) is 0. The second-order valence-electron chi connectivity index (χ2n) is 2.06. The van der Waals surface area contributed by atoms with Crippen LogP contribution >= 0.6 is 0 Å². The Hall–Kier alpha value is -0.910. The molecule has 1 unspecified atom stereocenters. The van der Waals surface area contributed by atoms with Crippen LogP contribution < -0.4 is 15.4 Å². The number of ether oxygens (including phenoxy) is 1. The van der Waals surface area contributed by atoms with Crippen molar-refractivity contribution in [1.82, 2.24) is 4.83 Å². The molecule has 0 bridgehead atoms. The summed E-state index contributed by atoms with van der Waals surface area (Å²) in [7, 11) is 0.248. The summed E-state index contributed by atoms with van der Waals surface area (Å²) < 4.78 is 16.0. The first-order chi connectivity index (χ1) is 6.77. The third kappa shape index (κ3) is 3.87. The monoisotopic (exact) mass is 216 g/mol. The highest BCUT2D eigenvalue weighted by molar-refractivity contribution is 7.83. The van der Waals surface area contributed by atoms with Gasteiger partial charge in [0.1, 0.15) is 16.7 Å². The molecule has 0 heterocycles. The first kappa shape index (κ1) is 13.1. The van der Waals surface area contributed by atoms with Gasteiger partial charge >= 0.3 is 0 Å². The molecule has 0 aliphatic rings. The fourth-order valence-corrected chi connectivity index (χ4v) is 1.29. The van der Waals surface area contributed by atoms with Crippen molar-refractivity contribution in [3.05, 3.63) is 24.3 Å². The Morgan fingerprint density at radius 1 is 1.29 bits per heavy atom. The lowest BCUT2D eigenvalue weighted by molar-refractivity contribution is 0.414. The van der Waals surface area contributed by atoms with Crippen molar-refractivity contribution < 1.29 is 8.95 Å². The molecule has 80 valence electrons. The van der Waals surface area contributed by atoms with E-state index in [0.29, 0.717) is 4.90 Å². The fraction of sp³-hybridized carbons (Fsp3) is 0.333. The molecule has 0 aromatic heterocycles. The van der Waals surface area contributed by atoms with Crippen molar-refractivity contribution in [2.75, 3.05) is 7.11 Å². The number of hydrogen-bond acceptors (Lipinski definition) is 3. The molecule has 0 spiro atoms. The Kier molecular flexibility index (Phi) is 7.00. The summed E-state index contributed by atoms with van der Waals surface area (Å²) in [6, 6.07) is 6.83. The van der Waals surface area contributed by atoms with Gasteiger partial charge in [-0.2, -0.15) is 4.83 Å². The maximum absolute atomic E-state index is 11.0. The maximum Gasteiger partial charge on any atom is 0.138 e. The first-order valence-corrected chi connectivity index (χ1v) is 5.45. The zero-order valence-corrected chi connectivity index (χ0v) is 9.43. The van der Waals surface area contributed by atoms with E-state index in [4.69, 9.17) is 10.6 Å². The quantitative estimate of drug-likeness (QED) is 0.589. The molecule has 1 aromatic rings. The molecule has 1 aromatic carbocycles. The van der Waals surface area contributed by atoms with E-state index in [2.05, 4.69) is 4.83 Å². The summed E-state index contributed by atoms with van der Waals surface area (Å²) >= 11 is 0. The van der Waals surface area contributed by atoms with Gasteiger partial charge in [-0.3, -0.25) is 5.84 Å². The second kappa shape index (κ2) is 7.49. The fourth-order valence-electron chi connectivity index (χ4n) is 0.767. The number of hydrazine groups is 1. The second-order valence-corrected chi connectivity index (χ2v) is 3.31. The van der Waals surface area contributed by atoms with E-state index in [9.17, 15) is 4.21 Å². The van der Waals surface area contributed by atoms with E-state index in [1.165, 1.54) is 0 Å². The SMILES string of the molecule is CC.COc1ccc(S(=O)NN)cc1. The Bertz CT molecular complexity index is 275. The predicted molar refractivity (Wildman–Crippen MR) is 58.1 cm³/mol. The molecule has 1 atom stereocenters. The lowest BCUT2D eigenvalue weighted by Crippen LogP contribution is -2.24. The van der Waals surface area contributed by atoms with Crippen LogP contribution in [0.15, 0.2) is 29.2 Å². The summed E-state index contributed by atoms with van der Waals surface area (Å²) in [6.45, 7) is 4.00. The highest BCUT2D eigenvalue weighted by Crippen LogP contribution is 2.12. The molecule has 0 aliphatic heterocycles. The zero-order chi connectivity index (χ0) is 11.0. The van der Waals surface area contributed by atoms with Gasteiger partial charge in [-0.1, -0.05) is 13.8 Å². The lowest BCUT2D eigenvalue weighted by Gasteiger charge is -2.01. The molecule has 0 saturated heterocycles. The zero-order valence-electron chi connectivity index (χ0n) is 8.61. The molecule has 0 radical (unpaired) electrons. The Labute approximate surface area is 87.0 Å². The molecular formula is C9H16N2O2S. The number of nitrogens with two attached hydrogens (primary N) is 1. The molecule has 5 heteroatoms. The van der Waals surface area contributed by atoms with E-state index in [1.54, 1.807) is 31.4 Å². The summed E-state index contributed by atoms with van der Waals surface area (Å²) in [5.74, 6) is 5.72. The van der Waals surface area contributed by atoms with Crippen LogP contribution in [0.25, 0.3) is 0 Å². The third-order valence-electron chi connectivity index (χ3n) is 1.38. The van der Waals surface area contributed by atoms with Crippen LogP contribution in [0, 0.1) is 0 Å². The third-order valence-corrected chi connectivity index (χ3v) is 2.29. The molecule has 3 N–H and O–H groups in total. The smallest absolute Gasteiger partial charge is 0.138 e. The molecule has 0 aliphatic carbocycles. The van der Waals surface area contributed by atoms with E-state index in [1.807, 2.05) is 13.8 Å². The minimum atomic E-state index is -1.33. The normalized spacial score (nSPS) is 11.1. The van der Waals surface area contributed by atoms with Crippen LogP contribution in [0.3, 0.4) is 0 Å². The summed E-state index contributed by atoms with van der Waals surface area (Å²) in [5.41, 5.74) is 0. The summed E-state index contributed by atoms with van der Waals surface area (Å²) in [5, 5.41) is 0. The number of benzene rings is 1. The van der Waals surface area contributed by atoms with Crippen LogP contribution in [0.2, 0.25) is 0 Å². The Morgan fingerprint density at radius 2 is 1.79 bits per heavy atom. The van der Waals surface area contributed by atoms with E-state index < -0.39 is 11.0 Å². The molecule has 0 fully saturated rings. The van der Waals surface area contributed by atoms with Crippen LogP contribution in [0.4, 0.5) is 0 Å². The molecular weight excluding hydrogens is 200 g/mol. The van der Waals surface area contributed by atoms with Crippen LogP contribution in [0.1, 0.15) is 13.8 Å². The Balaban J connectivity index is 0.000000791. The van der Waals surface area contributed by atoms with Gasteiger partial charge in [0, 0.05) is 0 Å². The van der Waals surface area contributed by atoms with E-state index in [0.717, 1.165) is 5.75 Å². The highest BCUT2D eigenvalue weighted by Gasteiger charge is 1.99. The molecule has 0 amide bonds. The van der Waals surface area contributed by atoms with Crippen molar-refractivity contribution >= 4 is 11.0 Å². The van der Waals surface area contributed by atoms with E-state index in [-0.39, 0.29) is 0 Å². The molecule has 1 rings (SSSR count). The molecule has 14 heavy (non-hydrogen) atoms. The van der Waals surface area contributed by atoms with Gasteiger partial charge < -0.3 is 4.74 Å². The Morgan fingerprint density at radius 3 is 2.14 bits per heavy atom. The molecule has 0 saturated carbocycles. The average Bonchev–Trinajstić information content (AvgIpc) is 2.31. The largest absolute Gasteiger partial charge is 0.497 e. The van der Waals surface area contributed by atoms with Gasteiger partial charge in [-0.15, -0.1) is 0 Å². The van der Waals surface area contributed by atoms with Gasteiger partial charge in [-0.05, 0) is 24.3 Å². The van der Waals surface area contributed by atoms with Crippen molar-refractivity contribution in [3.63, 3.8) is 0 Å². The predicted octanol–water partition coefficient (Wildman–Crippen LogP) is 1.21. The number of hydrogen-bond donors (Lipinski definition) is 2. The van der Waals surface area contributed by atoms with Crippen LogP contribution in [0.5, 0.6) is 5.75 Å². The average molecular weight is 216 g/mol. The number of rotatable bonds is 3. The van der Waals surface area contributed by atoms with Gasteiger partial charge in [0.25, 0.3) is 0 Å². The van der Waals surface area contributed by atoms with Crippen molar-refractivity contribution in [2.24, 2.45) is 5.84 Å². The summed E-state index contributed by atoms with van der Waals surface area (Å²) in [4.78, 5) is 2.77. The minimum Gasteiger partial charge on any atom is -0.497 e. The van der Waals surface area contributed by atoms with Gasteiger partial charge in [0.05, 0.1) is 12.0 Å². The van der Waals surface area contributed by atoms with Crippen LogP contribution in [-0.4, -0.2) is 11.3 Å². The van der Waals surface area contributed by atoms with Crippen LogP contribution in [-0.2, 0) is 11.0 Å². The lowest BCUT2D eigenvalue weighted by atomic mass is 10.3. The van der Waals surface area contributed by atoms with Crippen molar-refractivity contribution in [2.45, 2.75) is 18.7 Å². The standard InChI is InChI=1S/C7H10N2O2S.C2H6/c1-11-6-2-4-7(5-3-6)12(10)9-8;1-2/h2-5,9H,8H2,1H3;1-2H3. The maximum atomic E-state index is 11.0. The highest BCUT2D eigenvalue weighted by atomic mass is 32.2. The number of methoxy groups -OCH3 is 1.